The molecule has 0 heterocycles. The number of nitro groups is 1. The average molecular weight is 264 g/mol. The minimum atomic E-state index is -0.391. The van der Waals surface area contributed by atoms with Gasteiger partial charge in [-0.05, 0) is 19.5 Å². The fourth-order valence-electron chi connectivity index (χ4n) is 1.90. The number of nitrogens with zero attached hydrogens (tertiary/aromatic N) is 2. The first kappa shape index (κ1) is 15.2. The summed E-state index contributed by atoms with van der Waals surface area (Å²) in [6, 6.07) is 4.67. The Kier molecular flexibility index (Phi) is 5.51. The van der Waals surface area contributed by atoms with Crippen LogP contribution in [0.2, 0.25) is 0 Å². The van der Waals surface area contributed by atoms with Crippen LogP contribution >= 0.6 is 0 Å². The van der Waals surface area contributed by atoms with Crippen LogP contribution in [-0.2, 0) is 6.54 Å². The maximum absolute atomic E-state index is 10.8. The standard InChI is InChI=1S/C14H20N2O3/c1-5-15(9-11(2)3)10-12-8-13(16(17)18)6-7-14(12)19-4/h6-8H,2,5,9-10H2,1,3-4H3. The van der Waals surface area contributed by atoms with Gasteiger partial charge in [-0.2, -0.15) is 0 Å². The van der Waals surface area contributed by atoms with Gasteiger partial charge in [0.15, 0.2) is 0 Å². The Balaban J connectivity index is 2.98. The van der Waals surface area contributed by atoms with E-state index in [9.17, 15) is 10.1 Å². The molecular formula is C14H20N2O3. The molecule has 0 saturated heterocycles. The van der Waals surface area contributed by atoms with E-state index in [1.807, 2.05) is 13.8 Å². The van der Waals surface area contributed by atoms with E-state index >= 15 is 0 Å². The minimum Gasteiger partial charge on any atom is -0.496 e. The molecule has 0 spiro atoms. The van der Waals surface area contributed by atoms with Crippen LogP contribution in [0, 0.1) is 10.1 Å². The molecule has 0 N–H and O–H groups in total. The molecule has 104 valence electrons. The second kappa shape index (κ2) is 6.89. The number of hydrogen-bond donors (Lipinski definition) is 0. The van der Waals surface area contributed by atoms with Crippen LogP contribution in [0.1, 0.15) is 19.4 Å². The van der Waals surface area contributed by atoms with Gasteiger partial charge >= 0.3 is 0 Å². The summed E-state index contributed by atoms with van der Waals surface area (Å²) >= 11 is 0. The van der Waals surface area contributed by atoms with E-state index < -0.39 is 4.92 Å². The van der Waals surface area contributed by atoms with Crippen LogP contribution in [0.15, 0.2) is 30.4 Å². The molecule has 0 bridgehead atoms. The van der Waals surface area contributed by atoms with Crippen molar-refractivity contribution in [1.82, 2.24) is 4.90 Å². The Labute approximate surface area is 113 Å². The molecule has 0 unspecified atom stereocenters. The second-order valence-corrected chi connectivity index (χ2v) is 4.51. The lowest BCUT2D eigenvalue weighted by atomic mass is 10.1. The van der Waals surface area contributed by atoms with E-state index in [0.29, 0.717) is 12.3 Å². The first-order valence-corrected chi connectivity index (χ1v) is 6.16. The van der Waals surface area contributed by atoms with Crippen LogP contribution in [0.3, 0.4) is 0 Å². The second-order valence-electron chi connectivity index (χ2n) is 4.51. The van der Waals surface area contributed by atoms with Crippen LogP contribution < -0.4 is 4.74 Å². The molecule has 0 aromatic heterocycles. The van der Waals surface area contributed by atoms with Gasteiger partial charge in [-0.15, -0.1) is 0 Å². The largest absolute Gasteiger partial charge is 0.496 e. The van der Waals surface area contributed by atoms with Crippen molar-refractivity contribution < 1.29 is 9.66 Å². The van der Waals surface area contributed by atoms with Crippen molar-refractivity contribution in [2.24, 2.45) is 0 Å². The van der Waals surface area contributed by atoms with Gasteiger partial charge in [-0.1, -0.05) is 19.1 Å². The van der Waals surface area contributed by atoms with Crippen molar-refractivity contribution in [2.75, 3.05) is 20.2 Å². The number of ether oxygens (including phenoxy) is 1. The molecule has 0 fully saturated rings. The highest BCUT2D eigenvalue weighted by molar-refractivity contribution is 5.43. The van der Waals surface area contributed by atoms with E-state index in [2.05, 4.69) is 11.5 Å². The zero-order valence-corrected chi connectivity index (χ0v) is 11.7. The highest BCUT2D eigenvalue weighted by Crippen LogP contribution is 2.25. The van der Waals surface area contributed by atoms with Crippen molar-refractivity contribution in [3.63, 3.8) is 0 Å². The lowest BCUT2D eigenvalue weighted by Crippen LogP contribution is -2.24. The Bertz CT molecular complexity index is 472. The van der Waals surface area contributed by atoms with Gasteiger partial charge in [0.2, 0.25) is 0 Å². The van der Waals surface area contributed by atoms with Crippen molar-refractivity contribution in [1.29, 1.82) is 0 Å². The topological polar surface area (TPSA) is 55.6 Å². The quantitative estimate of drug-likeness (QED) is 0.431. The van der Waals surface area contributed by atoms with Gasteiger partial charge in [0.1, 0.15) is 5.75 Å². The van der Waals surface area contributed by atoms with E-state index in [0.717, 1.165) is 24.2 Å². The number of rotatable bonds is 7. The summed E-state index contributed by atoms with van der Waals surface area (Å²) < 4.78 is 5.26. The minimum absolute atomic E-state index is 0.0854. The highest BCUT2D eigenvalue weighted by Gasteiger charge is 2.13. The molecule has 0 saturated carbocycles. The average Bonchev–Trinajstić information content (AvgIpc) is 2.37. The molecular weight excluding hydrogens is 244 g/mol. The maximum Gasteiger partial charge on any atom is 0.270 e. The number of non-ortho nitro benzene ring substituents is 1. The zero-order valence-electron chi connectivity index (χ0n) is 11.7. The summed E-state index contributed by atoms with van der Waals surface area (Å²) in [6.07, 6.45) is 0. The van der Waals surface area contributed by atoms with E-state index in [1.165, 1.54) is 6.07 Å². The Morgan fingerprint density at radius 3 is 2.68 bits per heavy atom. The molecule has 0 aliphatic carbocycles. The van der Waals surface area contributed by atoms with Gasteiger partial charge in [0.25, 0.3) is 5.69 Å². The molecule has 0 radical (unpaired) electrons. The summed E-state index contributed by atoms with van der Waals surface area (Å²) in [5.41, 5.74) is 1.97. The summed E-state index contributed by atoms with van der Waals surface area (Å²) in [4.78, 5) is 12.6. The summed E-state index contributed by atoms with van der Waals surface area (Å²) in [5, 5.41) is 10.8. The normalized spacial score (nSPS) is 10.5. The predicted molar refractivity (Wildman–Crippen MR) is 75.4 cm³/mol. The molecule has 1 aromatic carbocycles. The number of methoxy groups -OCH3 is 1. The maximum atomic E-state index is 10.8. The Morgan fingerprint density at radius 2 is 2.21 bits per heavy atom. The predicted octanol–water partition coefficient (Wildman–Crippen LogP) is 3.00. The smallest absolute Gasteiger partial charge is 0.270 e. The van der Waals surface area contributed by atoms with Gasteiger partial charge in [0, 0.05) is 30.8 Å². The van der Waals surface area contributed by atoms with Crippen LogP contribution in [0.4, 0.5) is 5.69 Å². The molecule has 5 nitrogen and oxygen atoms in total. The van der Waals surface area contributed by atoms with Gasteiger partial charge < -0.3 is 4.74 Å². The third kappa shape index (κ3) is 4.37. The number of likely N-dealkylation sites (N-methyl/N-ethyl adjacent to an activating group) is 1. The summed E-state index contributed by atoms with van der Waals surface area (Å²) in [6.45, 7) is 10.1. The number of hydrogen-bond acceptors (Lipinski definition) is 4. The SMILES string of the molecule is C=C(C)CN(CC)Cc1cc([N+](=O)[O-])ccc1OC. The molecule has 0 aliphatic heterocycles. The fourth-order valence-corrected chi connectivity index (χ4v) is 1.90. The highest BCUT2D eigenvalue weighted by atomic mass is 16.6. The van der Waals surface area contributed by atoms with E-state index in [-0.39, 0.29) is 5.69 Å². The van der Waals surface area contributed by atoms with Gasteiger partial charge in [-0.3, -0.25) is 15.0 Å². The summed E-state index contributed by atoms with van der Waals surface area (Å²) in [7, 11) is 1.57. The zero-order chi connectivity index (χ0) is 14.4. The molecule has 1 rings (SSSR count). The van der Waals surface area contributed by atoms with Crippen molar-refractivity contribution in [3.05, 3.63) is 46.0 Å². The van der Waals surface area contributed by atoms with Crippen molar-refractivity contribution >= 4 is 5.69 Å². The monoisotopic (exact) mass is 264 g/mol. The first-order chi connectivity index (χ1) is 8.97. The number of nitro benzene ring substituents is 1. The fraction of sp³-hybridized carbons (Fsp3) is 0.429. The van der Waals surface area contributed by atoms with Crippen LogP contribution in [-0.4, -0.2) is 30.0 Å². The van der Waals surface area contributed by atoms with Crippen molar-refractivity contribution in [3.8, 4) is 5.75 Å². The lowest BCUT2D eigenvalue weighted by molar-refractivity contribution is -0.384. The Morgan fingerprint density at radius 1 is 1.53 bits per heavy atom. The summed E-state index contributed by atoms with van der Waals surface area (Å²) in [5.74, 6) is 0.672. The number of benzene rings is 1. The van der Waals surface area contributed by atoms with Crippen LogP contribution in [0.25, 0.3) is 0 Å². The molecule has 0 amide bonds. The van der Waals surface area contributed by atoms with E-state index in [1.54, 1.807) is 19.2 Å². The molecule has 0 atom stereocenters. The van der Waals surface area contributed by atoms with E-state index in [4.69, 9.17) is 4.74 Å². The Hall–Kier alpha value is -1.88. The van der Waals surface area contributed by atoms with Gasteiger partial charge in [-0.25, -0.2) is 0 Å². The third-order valence-electron chi connectivity index (χ3n) is 2.81. The van der Waals surface area contributed by atoms with Crippen molar-refractivity contribution in [2.45, 2.75) is 20.4 Å². The molecule has 19 heavy (non-hydrogen) atoms. The molecule has 0 aliphatic rings. The van der Waals surface area contributed by atoms with Gasteiger partial charge in [0.05, 0.1) is 12.0 Å². The first-order valence-electron chi connectivity index (χ1n) is 6.16. The van der Waals surface area contributed by atoms with Crippen LogP contribution in [0.5, 0.6) is 5.75 Å². The lowest BCUT2D eigenvalue weighted by Gasteiger charge is -2.21. The third-order valence-corrected chi connectivity index (χ3v) is 2.81. The molecule has 5 heteroatoms. The molecule has 1 aromatic rings.